The van der Waals surface area contributed by atoms with E-state index >= 15 is 0 Å². The lowest BCUT2D eigenvalue weighted by Gasteiger charge is -2.06. The Hall–Kier alpha value is -0.680. The second kappa shape index (κ2) is 2.92. The third-order valence-corrected chi connectivity index (χ3v) is 2.64. The van der Waals surface area contributed by atoms with E-state index in [1.54, 1.807) is 0 Å². The molecule has 0 saturated carbocycles. The Morgan fingerprint density at radius 3 is 2.92 bits per heavy atom. The number of anilines is 1. The van der Waals surface area contributed by atoms with Crippen LogP contribution in [0.25, 0.3) is 0 Å². The molecular formula is C8H6BrF2NO. The van der Waals surface area contributed by atoms with E-state index in [4.69, 9.17) is 0 Å². The second-order valence-electron chi connectivity index (χ2n) is 2.84. The van der Waals surface area contributed by atoms with Gasteiger partial charge in [-0.1, -0.05) is 0 Å². The van der Waals surface area contributed by atoms with Crippen molar-refractivity contribution in [2.24, 2.45) is 0 Å². The van der Waals surface area contributed by atoms with Crippen LogP contribution in [0.4, 0.5) is 14.5 Å². The summed E-state index contributed by atoms with van der Waals surface area (Å²) in [4.78, 5) is 0. The van der Waals surface area contributed by atoms with Crippen LogP contribution < -0.4 is 5.32 Å². The summed E-state index contributed by atoms with van der Waals surface area (Å²) in [5.41, 5.74) is 0.443. The third kappa shape index (κ3) is 1.23. The van der Waals surface area contributed by atoms with Crippen molar-refractivity contribution < 1.29 is 13.9 Å². The molecule has 0 amide bonds. The number of β-amino-alcohol motifs (C(OH)–C–C–N with tert-alkyl or cyclic N) is 1. The minimum Gasteiger partial charge on any atom is -0.386 e. The van der Waals surface area contributed by atoms with E-state index in [1.807, 2.05) is 0 Å². The number of nitrogens with one attached hydrogen (secondary N) is 1. The number of hydrogen-bond acceptors (Lipinski definition) is 2. The van der Waals surface area contributed by atoms with Crippen molar-refractivity contribution >= 4 is 21.6 Å². The lowest BCUT2D eigenvalue weighted by molar-refractivity contribution is 0.194. The van der Waals surface area contributed by atoms with Crippen LogP contribution in [-0.2, 0) is 0 Å². The summed E-state index contributed by atoms with van der Waals surface area (Å²) in [5.74, 6) is -1.93. The smallest absolute Gasteiger partial charge is 0.166 e. The number of halogens is 3. The van der Waals surface area contributed by atoms with Gasteiger partial charge in [-0.05, 0) is 22.0 Å². The molecule has 1 aliphatic rings. The summed E-state index contributed by atoms with van der Waals surface area (Å²) in [6, 6.07) is 1.04. The van der Waals surface area contributed by atoms with Crippen molar-refractivity contribution in [1.29, 1.82) is 0 Å². The first-order chi connectivity index (χ1) is 6.11. The molecule has 1 aromatic carbocycles. The molecule has 70 valence electrons. The van der Waals surface area contributed by atoms with E-state index in [9.17, 15) is 13.9 Å². The van der Waals surface area contributed by atoms with Gasteiger partial charge >= 0.3 is 0 Å². The number of aliphatic hydroxyl groups is 1. The van der Waals surface area contributed by atoms with E-state index < -0.39 is 17.7 Å². The van der Waals surface area contributed by atoms with Gasteiger partial charge in [0.25, 0.3) is 0 Å². The lowest BCUT2D eigenvalue weighted by Crippen LogP contribution is -2.01. The zero-order chi connectivity index (χ0) is 9.59. The van der Waals surface area contributed by atoms with Crippen molar-refractivity contribution in [3.63, 3.8) is 0 Å². The maximum Gasteiger partial charge on any atom is 0.166 e. The van der Waals surface area contributed by atoms with E-state index in [0.717, 1.165) is 6.07 Å². The number of rotatable bonds is 0. The van der Waals surface area contributed by atoms with E-state index in [0.29, 0.717) is 10.2 Å². The highest BCUT2D eigenvalue weighted by Gasteiger charge is 2.28. The second-order valence-corrected chi connectivity index (χ2v) is 3.69. The van der Waals surface area contributed by atoms with Crippen LogP contribution in [0.15, 0.2) is 10.5 Å². The molecule has 0 aromatic heterocycles. The molecule has 2 rings (SSSR count). The third-order valence-electron chi connectivity index (χ3n) is 2.01. The highest BCUT2D eigenvalue weighted by molar-refractivity contribution is 9.10. The lowest BCUT2D eigenvalue weighted by atomic mass is 10.1. The molecule has 0 spiro atoms. The van der Waals surface area contributed by atoms with Crippen molar-refractivity contribution in [3.8, 4) is 0 Å². The zero-order valence-electron chi connectivity index (χ0n) is 6.44. The molecular weight excluding hydrogens is 244 g/mol. The molecule has 13 heavy (non-hydrogen) atoms. The standard InChI is InChI=1S/C8H6BrF2NO/c9-3-1-4(10)7(11)6-5(13)2-12-8(3)6/h1,5,12-13H,2H2. The average molecular weight is 250 g/mol. The van der Waals surface area contributed by atoms with Crippen LogP contribution in [0.2, 0.25) is 0 Å². The fourth-order valence-electron chi connectivity index (χ4n) is 1.41. The quantitative estimate of drug-likeness (QED) is 0.691. The van der Waals surface area contributed by atoms with Crippen LogP contribution in [-0.4, -0.2) is 11.7 Å². The first kappa shape index (κ1) is 8.90. The van der Waals surface area contributed by atoms with Gasteiger partial charge < -0.3 is 10.4 Å². The summed E-state index contributed by atoms with van der Waals surface area (Å²) in [6.45, 7) is 0.217. The van der Waals surface area contributed by atoms with Crippen LogP contribution in [0.5, 0.6) is 0 Å². The highest BCUT2D eigenvalue weighted by atomic mass is 79.9. The molecule has 0 aliphatic carbocycles. The van der Waals surface area contributed by atoms with Crippen molar-refractivity contribution in [2.75, 3.05) is 11.9 Å². The Morgan fingerprint density at radius 1 is 1.54 bits per heavy atom. The summed E-state index contributed by atoms with van der Waals surface area (Å²) in [5, 5.41) is 12.1. The SMILES string of the molecule is OC1CNc2c(Br)cc(F)c(F)c21. The van der Waals surface area contributed by atoms with Crippen LogP contribution in [0, 0.1) is 11.6 Å². The molecule has 1 atom stereocenters. The molecule has 1 aromatic rings. The Bertz CT molecular complexity index is 370. The molecule has 2 nitrogen and oxygen atoms in total. The maximum atomic E-state index is 13.1. The number of hydrogen-bond donors (Lipinski definition) is 2. The van der Waals surface area contributed by atoms with E-state index in [1.165, 1.54) is 0 Å². The van der Waals surface area contributed by atoms with Crippen LogP contribution in [0.1, 0.15) is 11.7 Å². The zero-order valence-corrected chi connectivity index (χ0v) is 8.03. The minimum absolute atomic E-state index is 0.00637. The number of fused-ring (bicyclic) bond motifs is 1. The first-order valence-electron chi connectivity index (χ1n) is 3.70. The average Bonchev–Trinajstić information content (AvgIpc) is 2.44. The topological polar surface area (TPSA) is 32.3 Å². The van der Waals surface area contributed by atoms with Crippen LogP contribution >= 0.6 is 15.9 Å². The van der Waals surface area contributed by atoms with Gasteiger partial charge in [-0.2, -0.15) is 0 Å². The molecule has 1 aliphatic heterocycles. The fourth-order valence-corrected chi connectivity index (χ4v) is 1.96. The Labute approximate surface area is 81.7 Å². The molecule has 0 saturated heterocycles. The largest absolute Gasteiger partial charge is 0.386 e. The highest BCUT2D eigenvalue weighted by Crippen LogP contribution is 2.38. The van der Waals surface area contributed by atoms with Gasteiger partial charge in [-0.3, -0.25) is 0 Å². The predicted octanol–water partition coefficient (Wildman–Crippen LogP) is 2.19. The summed E-state index contributed by atoms with van der Waals surface area (Å²) in [7, 11) is 0. The van der Waals surface area contributed by atoms with Crippen molar-refractivity contribution in [1.82, 2.24) is 0 Å². The fraction of sp³-hybridized carbons (Fsp3) is 0.250. The number of benzene rings is 1. The molecule has 1 heterocycles. The van der Waals surface area contributed by atoms with Crippen LogP contribution in [0.3, 0.4) is 0 Å². The van der Waals surface area contributed by atoms with Gasteiger partial charge in [0.2, 0.25) is 0 Å². The Balaban J connectivity index is 2.70. The normalized spacial score (nSPS) is 19.8. The van der Waals surface area contributed by atoms with Crippen molar-refractivity contribution in [3.05, 3.63) is 27.7 Å². The molecule has 0 fully saturated rings. The summed E-state index contributed by atoms with van der Waals surface area (Å²) < 4.78 is 26.4. The van der Waals surface area contributed by atoms with Gasteiger partial charge in [-0.25, -0.2) is 8.78 Å². The monoisotopic (exact) mass is 249 g/mol. The van der Waals surface area contributed by atoms with Gasteiger partial charge in [0.15, 0.2) is 11.6 Å². The molecule has 0 radical (unpaired) electrons. The molecule has 2 N–H and O–H groups in total. The van der Waals surface area contributed by atoms with E-state index in [-0.39, 0.29) is 12.1 Å². The van der Waals surface area contributed by atoms with Gasteiger partial charge in [-0.15, -0.1) is 0 Å². The maximum absolute atomic E-state index is 13.1. The van der Waals surface area contributed by atoms with Gasteiger partial charge in [0.05, 0.1) is 5.69 Å². The molecule has 5 heteroatoms. The summed E-state index contributed by atoms with van der Waals surface area (Å²) >= 11 is 3.08. The summed E-state index contributed by atoms with van der Waals surface area (Å²) in [6.07, 6.45) is -0.970. The molecule has 1 unspecified atom stereocenters. The number of aliphatic hydroxyl groups excluding tert-OH is 1. The predicted molar refractivity (Wildman–Crippen MR) is 47.5 cm³/mol. The van der Waals surface area contributed by atoms with Crippen molar-refractivity contribution in [2.45, 2.75) is 6.10 Å². The Morgan fingerprint density at radius 2 is 2.23 bits per heavy atom. The van der Waals surface area contributed by atoms with E-state index in [2.05, 4.69) is 21.2 Å². The first-order valence-corrected chi connectivity index (χ1v) is 4.50. The van der Waals surface area contributed by atoms with Gasteiger partial charge in [0.1, 0.15) is 6.10 Å². The molecule has 0 bridgehead atoms. The minimum atomic E-state index is -0.976. The Kier molecular flexibility index (Phi) is 2.00. The van der Waals surface area contributed by atoms with Gasteiger partial charge in [0, 0.05) is 16.6 Å².